The van der Waals surface area contributed by atoms with Gasteiger partial charge in [0.05, 0.1) is 6.54 Å². The van der Waals surface area contributed by atoms with Crippen molar-refractivity contribution in [2.24, 2.45) is 5.92 Å². The van der Waals surface area contributed by atoms with Crippen LogP contribution in [0.15, 0.2) is 0 Å². The van der Waals surface area contributed by atoms with Crippen molar-refractivity contribution >= 4 is 0 Å². The third-order valence-corrected chi connectivity index (χ3v) is 2.47. The van der Waals surface area contributed by atoms with Crippen LogP contribution in [0.5, 0.6) is 0 Å². The quantitative estimate of drug-likeness (QED) is 0.738. The summed E-state index contributed by atoms with van der Waals surface area (Å²) in [5.41, 5.74) is 0. The number of rotatable bonds is 3. The summed E-state index contributed by atoms with van der Waals surface area (Å²) in [6.45, 7) is 2.57. The van der Waals surface area contributed by atoms with Gasteiger partial charge in [-0.05, 0) is 25.3 Å². The van der Waals surface area contributed by atoms with E-state index in [1.54, 1.807) is 0 Å². The summed E-state index contributed by atoms with van der Waals surface area (Å²) in [4.78, 5) is 0. The van der Waals surface area contributed by atoms with Gasteiger partial charge in [0, 0.05) is 12.6 Å². The van der Waals surface area contributed by atoms with E-state index >= 15 is 0 Å². The van der Waals surface area contributed by atoms with Crippen molar-refractivity contribution in [3.63, 3.8) is 0 Å². The van der Waals surface area contributed by atoms with Crippen molar-refractivity contribution in [2.75, 3.05) is 19.6 Å². The standard InChI is InChI=1S/C9H17F3N2/c1-7-2-3-14-8(4-7)5-13-6-9(10,11)12/h7-8,13-14H,2-6H2,1H3. The molecule has 0 aromatic carbocycles. The van der Waals surface area contributed by atoms with Gasteiger partial charge in [-0.25, -0.2) is 0 Å². The van der Waals surface area contributed by atoms with E-state index in [0.29, 0.717) is 12.5 Å². The van der Waals surface area contributed by atoms with Gasteiger partial charge in [0.25, 0.3) is 0 Å². The van der Waals surface area contributed by atoms with E-state index in [-0.39, 0.29) is 6.04 Å². The minimum atomic E-state index is -4.10. The zero-order valence-electron chi connectivity index (χ0n) is 8.32. The highest BCUT2D eigenvalue weighted by molar-refractivity contribution is 4.78. The monoisotopic (exact) mass is 210 g/mol. The van der Waals surface area contributed by atoms with E-state index in [2.05, 4.69) is 17.6 Å². The number of nitrogens with one attached hydrogen (secondary N) is 2. The minimum absolute atomic E-state index is 0.195. The summed E-state index contributed by atoms with van der Waals surface area (Å²) in [7, 11) is 0. The average Bonchev–Trinajstić information content (AvgIpc) is 2.01. The van der Waals surface area contributed by atoms with Crippen LogP contribution >= 0.6 is 0 Å². The predicted molar refractivity (Wildman–Crippen MR) is 49.1 cm³/mol. The lowest BCUT2D eigenvalue weighted by Gasteiger charge is -2.28. The Morgan fingerprint density at radius 2 is 2.14 bits per heavy atom. The van der Waals surface area contributed by atoms with Crippen molar-refractivity contribution in [3.8, 4) is 0 Å². The second-order valence-corrected chi connectivity index (χ2v) is 4.03. The SMILES string of the molecule is CC1CCNC(CNCC(F)(F)F)C1. The molecule has 84 valence electrons. The van der Waals surface area contributed by atoms with E-state index < -0.39 is 12.7 Å². The lowest BCUT2D eigenvalue weighted by Crippen LogP contribution is -2.45. The Kier molecular flexibility index (Phi) is 4.19. The summed E-state index contributed by atoms with van der Waals surface area (Å²) >= 11 is 0. The van der Waals surface area contributed by atoms with Gasteiger partial charge < -0.3 is 10.6 Å². The van der Waals surface area contributed by atoms with Crippen molar-refractivity contribution < 1.29 is 13.2 Å². The van der Waals surface area contributed by atoms with E-state index in [1.807, 2.05) is 0 Å². The van der Waals surface area contributed by atoms with Crippen LogP contribution in [0.1, 0.15) is 19.8 Å². The van der Waals surface area contributed by atoms with Gasteiger partial charge in [0.15, 0.2) is 0 Å². The Bertz CT molecular complexity index is 170. The maximum atomic E-state index is 11.8. The number of alkyl halides is 3. The molecule has 0 aromatic rings. The first kappa shape index (κ1) is 11.8. The molecule has 5 heteroatoms. The molecule has 1 aliphatic heterocycles. The van der Waals surface area contributed by atoms with E-state index in [1.165, 1.54) is 0 Å². The molecule has 2 unspecified atom stereocenters. The maximum Gasteiger partial charge on any atom is 0.401 e. The summed E-state index contributed by atoms with van der Waals surface area (Å²) in [5.74, 6) is 0.619. The molecule has 0 aliphatic carbocycles. The first-order valence-electron chi connectivity index (χ1n) is 4.98. The molecule has 1 rings (SSSR count). The number of piperidine rings is 1. The molecule has 1 fully saturated rings. The Morgan fingerprint density at radius 1 is 1.43 bits per heavy atom. The predicted octanol–water partition coefficient (Wildman–Crippen LogP) is 1.53. The van der Waals surface area contributed by atoms with Crippen LogP contribution in [0.2, 0.25) is 0 Å². The lowest BCUT2D eigenvalue weighted by atomic mass is 9.94. The van der Waals surface area contributed by atoms with Gasteiger partial charge >= 0.3 is 6.18 Å². The van der Waals surface area contributed by atoms with Crippen molar-refractivity contribution in [3.05, 3.63) is 0 Å². The van der Waals surface area contributed by atoms with Gasteiger partial charge in [-0.15, -0.1) is 0 Å². The van der Waals surface area contributed by atoms with Crippen LogP contribution in [0.4, 0.5) is 13.2 Å². The molecule has 14 heavy (non-hydrogen) atoms. The van der Waals surface area contributed by atoms with E-state index in [9.17, 15) is 13.2 Å². The van der Waals surface area contributed by atoms with Gasteiger partial charge in [0.1, 0.15) is 0 Å². The van der Waals surface area contributed by atoms with Crippen LogP contribution in [-0.4, -0.2) is 31.9 Å². The van der Waals surface area contributed by atoms with Crippen LogP contribution in [0.3, 0.4) is 0 Å². The number of hydrogen-bond donors (Lipinski definition) is 2. The molecule has 1 saturated heterocycles. The zero-order valence-corrected chi connectivity index (χ0v) is 8.32. The summed E-state index contributed by atoms with van der Waals surface area (Å²) in [5, 5.41) is 5.63. The first-order chi connectivity index (χ1) is 6.47. The third-order valence-electron chi connectivity index (χ3n) is 2.47. The largest absolute Gasteiger partial charge is 0.401 e. The zero-order chi connectivity index (χ0) is 10.6. The van der Waals surface area contributed by atoms with Crippen LogP contribution < -0.4 is 10.6 Å². The molecule has 2 nitrogen and oxygen atoms in total. The summed E-state index contributed by atoms with van der Waals surface area (Å²) in [6.07, 6.45) is -2.01. The van der Waals surface area contributed by atoms with Crippen LogP contribution in [0.25, 0.3) is 0 Å². The Labute approximate surface area is 82.2 Å². The number of hydrogen-bond acceptors (Lipinski definition) is 2. The minimum Gasteiger partial charge on any atom is -0.313 e. The maximum absolute atomic E-state index is 11.8. The van der Waals surface area contributed by atoms with Gasteiger partial charge in [-0.2, -0.15) is 13.2 Å². The van der Waals surface area contributed by atoms with Crippen molar-refractivity contribution in [1.29, 1.82) is 0 Å². The highest BCUT2D eigenvalue weighted by Gasteiger charge is 2.27. The Balaban J connectivity index is 2.12. The molecule has 2 N–H and O–H groups in total. The smallest absolute Gasteiger partial charge is 0.313 e. The van der Waals surface area contributed by atoms with Gasteiger partial charge in [0.2, 0.25) is 0 Å². The highest BCUT2D eigenvalue weighted by Crippen LogP contribution is 2.15. The summed E-state index contributed by atoms with van der Waals surface area (Å²) < 4.78 is 35.4. The fourth-order valence-electron chi connectivity index (χ4n) is 1.76. The van der Waals surface area contributed by atoms with Gasteiger partial charge in [-0.1, -0.05) is 6.92 Å². The molecule has 1 heterocycles. The van der Waals surface area contributed by atoms with Crippen molar-refractivity contribution in [1.82, 2.24) is 10.6 Å². The normalized spacial score (nSPS) is 29.1. The Morgan fingerprint density at radius 3 is 2.71 bits per heavy atom. The Hall–Kier alpha value is -0.290. The molecule has 0 aromatic heterocycles. The molecule has 2 atom stereocenters. The summed E-state index contributed by atoms with van der Waals surface area (Å²) in [6, 6.07) is 0.195. The third kappa shape index (κ3) is 4.81. The molecule has 0 amide bonds. The van der Waals surface area contributed by atoms with Gasteiger partial charge in [-0.3, -0.25) is 0 Å². The topological polar surface area (TPSA) is 24.1 Å². The fraction of sp³-hybridized carbons (Fsp3) is 1.00. The molecular formula is C9H17F3N2. The first-order valence-corrected chi connectivity index (χ1v) is 4.98. The second-order valence-electron chi connectivity index (χ2n) is 4.03. The average molecular weight is 210 g/mol. The van der Waals surface area contributed by atoms with Crippen LogP contribution in [-0.2, 0) is 0 Å². The highest BCUT2D eigenvalue weighted by atomic mass is 19.4. The molecule has 0 radical (unpaired) electrons. The fourth-order valence-corrected chi connectivity index (χ4v) is 1.76. The molecule has 0 spiro atoms. The van der Waals surface area contributed by atoms with E-state index in [4.69, 9.17) is 0 Å². The van der Waals surface area contributed by atoms with Crippen LogP contribution in [0, 0.1) is 5.92 Å². The van der Waals surface area contributed by atoms with Crippen molar-refractivity contribution in [2.45, 2.75) is 32.0 Å². The molecule has 1 aliphatic rings. The molecule has 0 saturated carbocycles. The number of halogens is 3. The lowest BCUT2D eigenvalue weighted by molar-refractivity contribution is -0.124. The second kappa shape index (κ2) is 4.98. The molecule has 0 bridgehead atoms. The van der Waals surface area contributed by atoms with E-state index in [0.717, 1.165) is 19.4 Å². The molecular weight excluding hydrogens is 193 g/mol.